The molecule has 118 valence electrons. The number of furan rings is 1. The van der Waals surface area contributed by atoms with Gasteiger partial charge < -0.3 is 9.32 Å². The number of rotatable bonds is 5. The molecule has 2 aromatic heterocycles. The Morgan fingerprint density at radius 2 is 2.14 bits per heavy atom. The zero-order chi connectivity index (χ0) is 15.5. The molecule has 1 amide bonds. The van der Waals surface area contributed by atoms with Crippen molar-refractivity contribution in [2.24, 2.45) is 0 Å². The molecule has 3 heterocycles. The Morgan fingerprint density at radius 3 is 2.91 bits per heavy atom. The first kappa shape index (κ1) is 15.3. The molecule has 0 spiro atoms. The summed E-state index contributed by atoms with van der Waals surface area (Å²) in [7, 11) is 0. The Bertz CT molecular complexity index is 643. The molecular weight excluding hydrogens is 296 g/mol. The lowest BCUT2D eigenvalue weighted by Gasteiger charge is -2.26. The first-order valence-electron chi connectivity index (χ1n) is 7.86. The fraction of sp³-hybridized carbons (Fsp3) is 0.471. The Balaban J connectivity index is 1.67. The number of hydrogen-bond donors (Lipinski definition) is 0. The molecular formula is C17H22N2O2S. The predicted molar refractivity (Wildman–Crippen MR) is 88.1 cm³/mol. The predicted octanol–water partition coefficient (Wildman–Crippen LogP) is 3.38. The molecule has 0 aromatic carbocycles. The Kier molecular flexibility index (Phi) is 4.64. The van der Waals surface area contributed by atoms with Crippen LogP contribution in [0.2, 0.25) is 0 Å². The van der Waals surface area contributed by atoms with Crippen molar-refractivity contribution in [2.45, 2.75) is 33.4 Å². The minimum atomic E-state index is 0.00245. The lowest BCUT2D eigenvalue weighted by atomic mass is 10.1. The minimum Gasteiger partial charge on any atom is -0.455 e. The molecule has 0 aliphatic carbocycles. The minimum absolute atomic E-state index is 0.00245. The average Bonchev–Trinajstić information content (AvgIpc) is 3.20. The number of nitrogens with zero attached hydrogens (tertiary/aromatic N) is 2. The number of carbonyl (C=O) groups is 1. The lowest BCUT2D eigenvalue weighted by Crippen LogP contribution is -2.35. The van der Waals surface area contributed by atoms with Crippen molar-refractivity contribution in [1.29, 1.82) is 0 Å². The summed E-state index contributed by atoms with van der Waals surface area (Å²) < 4.78 is 5.77. The van der Waals surface area contributed by atoms with E-state index in [1.807, 2.05) is 17.0 Å². The van der Waals surface area contributed by atoms with Gasteiger partial charge in [-0.05, 0) is 48.7 Å². The van der Waals surface area contributed by atoms with E-state index in [0.717, 1.165) is 38.4 Å². The molecule has 0 fully saturated rings. The van der Waals surface area contributed by atoms with Gasteiger partial charge in [0, 0.05) is 18.0 Å². The second-order valence-corrected chi connectivity index (χ2v) is 6.57. The molecule has 0 bridgehead atoms. The van der Waals surface area contributed by atoms with Gasteiger partial charge in [0.15, 0.2) is 5.76 Å². The van der Waals surface area contributed by atoms with Crippen molar-refractivity contribution in [2.75, 3.05) is 19.6 Å². The van der Waals surface area contributed by atoms with Gasteiger partial charge in [-0.1, -0.05) is 13.8 Å². The monoisotopic (exact) mass is 318 g/mol. The van der Waals surface area contributed by atoms with Crippen LogP contribution >= 0.6 is 11.3 Å². The van der Waals surface area contributed by atoms with E-state index >= 15 is 0 Å². The number of fused-ring (bicyclic) bond motifs is 1. The summed E-state index contributed by atoms with van der Waals surface area (Å²) >= 11 is 1.78. The standard InChI is InChI=1S/C17H22N2O2S/c1-3-18(4-2)12-14-5-6-15(21-14)17(20)19-9-7-16-13(11-19)8-10-22-16/h5-6,8,10H,3-4,7,9,11-12H2,1-2H3. The molecule has 1 aliphatic heterocycles. The fourth-order valence-electron chi connectivity index (χ4n) is 2.82. The summed E-state index contributed by atoms with van der Waals surface area (Å²) in [5.74, 6) is 1.32. The third kappa shape index (κ3) is 3.10. The SMILES string of the molecule is CCN(CC)Cc1ccc(C(=O)N2CCc3sccc3C2)o1. The van der Waals surface area contributed by atoms with Gasteiger partial charge in [0.2, 0.25) is 0 Å². The van der Waals surface area contributed by atoms with Crippen molar-refractivity contribution in [3.05, 3.63) is 45.5 Å². The molecule has 3 rings (SSSR count). The summed E-state index contributed by atoms with van der Waals surface area (Å²) in [6.07, 6.45) is 0.950. The van der Waals surface area contributed by atoms with Crippen LogP contribution in [0, 0.1) is 0 Å². The topological polar surface area (TPSA) is 36.7 Å². The average molecular weight is 318 g/mol. The Labute approximate surface area is 135 Å². The van der Waals surface area contributed by atoms with Gasteiger partial charge in [-0.15, -0.1) is 11.3 Å². The quantitative estimate of drug-likeness (QED) is 0.848. The van der Waals surface area contributed by atoms with Crippen molar-refractivity contribution in [3.63, 3.8) is 0 Å². The van der Waals surface area contributed by atoms with Gasteiger partial charge in [0.05, 0.1) is 6.54 Å². The summed E-state index contributed by atoms with van der Waals surface area (Å²) in [5.41, 5.74) is 1.28. The van der Waals surface area contributed by atoms with E-state index in [1.54, 1.807) is 11.3 Å². The summed E-state index contributed by atoms with van der Waals surface area (Å²) in [6, 6.07) is 5.85. The molecule has 0 unspecified atom stereocenters. The molecule has 0 saturated carbocycles. The molecule has 1 aliphatic rings. The van der Waals surface area contributed by atoms with Crippen LogP contribution in [0.15, 0.2) is 28.0 Å². The lowest BCUT2D eigenvalue weighted by molar-refractivity contribution is 0.0700. The molecule has 5 heteroatoms. The van der Waals surface area contributed by atoms with Gasteiger partial charge in [0.1, 0.15) is 5.76 Å². The smallest absolute Gasteiger partial charge is 0.289 e. The maximum atomic E-state index is 12.6. The first-order valence-corrected chi connectivity index (χ1v) is 8.74. The molecule has 0 N–H and O–H groups in total. The third-order valence-electron chi connectivity index (χ3n) is 4.24. The van der Waals surface area contributed by atoms with Crippen LogP contribution < -0.4 is 0 Å². The highest BCUT2D eigenvalue weighted by Crippen LogP contribution is 2.25. The number of thiophene rings is 1. The van der Waals surface area contributed by atoms with Crippen LogP contribution in [0.4, 0.5) is 0 Å². The van der Waals surface area contributed by atoms with Crippen molar-refractivity contribution >= 4 is 17.2 Å². The molecule has 0 atom stereocenters. The molecule has 22 heavy (non-hydrogen) atoms. The van der Waals surface area contributed by atoms with E-state index in [9.17, 15) is 4.79 Å². The normalized spacial score (nSPS) is 14.4. The van der Waals surface area contributed by atoms with Gasteiger partial charge in [0.25, 0.3) is 5.91 Å². The van der Waals surface area contributed by atoms with Crippen molar-refractivity contribution in [1.82, 2.24) is 9.80 Å². The second-order valence-electron chi connectivity index (χ2n) is 5.57. The zero-order valence-corrected chi connectivity index (χ0v) is 14.0. The van der Waals surface area contributed by atoms with Gasteiger partial charge in [-0.3, -0.25) is 9.69 Å². The maximum absolute atomic E-state index is 12.6. The van der Waals surface area contributed by atoms with Crippen LogP contribution in [0.5, 0.6) is 0 Å². The highest BCUT2D eigenvalue weighted by atomic mass is 32.1. The van der Waals surface area contributed by atoms with Crippen LogP contribution in [0.3, 0.4) is 0 Å². The fourth-order valence-corrected chi connectivity index (χ4v) is 3.71. The zero-order valence-electron chi connectivity index (χ0n) is 13.2. The van der Waals surface area contributed by atoms with Gasteiger partial charge in [-0.2, -0.15) is 0 Å². The number of hydrogen-bond acceptors (Lipinski definition) is 4. The summed E-state index contributed by atoms with van der Waals surface area (Å²) in [4.78, 5) is 18.2. The number of amides is 1. The van der Waals surface area contributed by atoms with E-state index in [2.05, 4.69) is 30.2 Å². The van der Waals surface area contributed by atoms with E-state index < -0.39 is 0 Å². The van der Waals surface area contributed by atoms with Crippen LogP contribution in [0.25, 0.3) is 0 Å². The van der Waals surface area contributed by atoms with Crippen LogP contribution in [-0.2, 0) is 19.5 Å². The third-order valence-corrected chi connectivity index (χ3v) is 5.26. The van der Waals surface area contributed by atoms with E-state index in [1.165, 1.54) is 10.4 Å². The molecule has 2 aromatic rings. The van der Waals surface area contributed by atoms with Gasteiger partial charge in [-0.25, -0.2) is 0 Å². The highest BCUT2D eigenvalue weighted by Gasteiger charge is 2.24. The molecule has 0 radical (unpaired) electrons. The van der Waals surface area contributed by atoms with E-state index in [-0.39, 0.29) is 5.91 Å². The Morgan fingerprint density at radius 1 is 1.32 bits per heavy atom. The summed E-state index contributed by atoms with van der Waals surface area (Å²) in [5, 5.41) is 2.10. The Hall–Kier alpha value is -1.59. The van der Waals surface area contributed by atoms with Crippen LogP contribution in [-0.4, -0.2) is 35.3 Å². The van der Waals surface area contributed by atoms with E-state index in [4.69, 9.17) is 4.42 Å². The van der Waals surface area contributed by atoms with Crippen LogP contribution in [0.1, 0.15) is 40.6 Å². The van der Waals surface area contributed by atoms with Gasteiger partial charge >= 0.3 is 0 Å². The largest absolute Gasteiger partial charge is 0.455 e. The summed E-state index contributed by atoms with van der Waals surface area (Å²) in [6.45, 7) is 8.45. The molecule has 0 saturated heterocycles. The molecule has 4 nitrogen and oxygen atoms in total. The first-order chi connectivity index (χ1) is 10.7. The van der Waals surface area contributed by atoms with E-state index in [0.29, 0.717) is 12.3 Å². The maximum Gasteiger partial charge on any atom is 0.289 e. The highest BCUT2D eigenvalue weighted by molar-refractivity contribution is 7.10. The number of carbonyl (C=O) groups excluding carboxylic acids is 1. The van der Waals surface area contributed by atoms with Crippen molar-refractivity contribution in [3.8, 4) is 0 Å². The second kappa shape index (κ2) is 6.67. The van der Waals surface area contributed by atoms with Crippen molar-refractivity contribution < 1.29 is 9.21 Å².